The number of hydrogen-bond donors (Lipinski definition) is 1. The maximum atomic E-state index is 12.5. The molecule has 1 amide bonds. The molecule has 1 atom stereocenters. The van der Waals surface area contributed by atoms with Gasteiger partial charge in [-0.2, -0.15) is 0 Å². The molecule has 0 radical (unpaired) electrons. The minimum Gasteiger partial charge on any atom is -0.493 e. The summed E-state index contributed by atoms with van der Waals surface area (Å²) in [5.41, 5.74) is 4.11. The number of benzene rings is 2. The number of nitrogens with one attached hydrogen (secondary N) is 1. The van der Waals surface area contributed by atoms with Gasteiger partial charge in [-0.3, -0.25) is 9.78 Å². The number of aryl methyl sites for hydroxylation is 2. The zero-order valence-electron chi connectivity index (χ0n) is 15.7. The fourth-order valence-electron chi connectivity index (χ4n) is 3.03. The van der Waals surface area contributed by atoms with E-state index in [4.69, 9.17) is 4.74 Å². The van der Waals surface area contributed by atoms with Gasteiger partial charge in [-0.15, -0.1) is 0 Å². The van der Waals surface area contributed by atoms with Crippen LogP contribution in [0.3, 0.4) is 0 Å². The van der Waals surface area contributed by atoms with Crippen LogP contribution in [-0.2, 0) is 4.79 Å². The van der Waals surface area contributed by atoms with Crippen molar-refractivity contribution < 1.29 is 9.53 Å². The Morgan fingerprint density at radius 3 is 2.37 bits per heavy atom. The monoisotopic (exact) mass is 360 g/mol. The van der Waals surface area contributed by atoms with Crippen molar-refractivity contribution in [2.45, 2.75) is 26.3 Å². The smallest absolute Gasteiger partial charge is 0.224 e. The van der Waals surface area contributed by atoms with Crippen molar-refractivity contribution in [3.63, 3.8) is 0 Å². The summed E-state index contributed by atoms with van der Waals surface area (Å²) in [7, 11) is 0. The summed E-state index contributed by atoms with van der Waals surface area (Å²) in [6, 6.07) is 21.3. The molecule has 0 aliphatic rings. The molecule has 0 saturated heterocycles. The highest BCUT2D eigenvalue weighted by Crippen LogP contribution is 2.20. The Bertz CT molecular complexity index is 820. The lowest BCUT2D eigenvalue weighted by molar-refractivity contribution is -0.122. The predicted molar refractivity (Wildman–Crippen MR) is 107 cm³/mol. The minimum atomic E-state index is -0.277. The number of rotatable bonds is 7. The molecule has 27 heavy (non-hydrogen) atoms. The number of ether oxygens (including phenoxy) is 1. The van der Waals surface area contributed by atoms with Gasteiger partial charge < -0.3 is 10.1 Å². The van der Waals surface area contributed by atoms with Gasteiger partial charge in [-0.05, 0) is 54.8 Å². The maximum absolute atomic E-state index is 12.5. The Hall–Kier alpha value is -3.14. The molecule has 3 aromatic rings. The molecule has 0 aliphatic heterocycles. The Morgan fingerprint density at radius 2 is 1.70 bits per heavy atom. The second-order valence-electron chi connectivity index (χ2n) is 6.59. The molecule has 1 heterocycles. The molecule has 1 aromatic heterocycles. The molecule has 138 valence electrons. The van der Waals surface area contributed by atoms with Gasteiger partial charge in [-0.25, -0.2) is 0 Å². The van der Waals surface area contributed by atoms with Crippen LogP contribution in [-0.4, -0.2) is 17.5 Å². The van der Waals surface area contributed by atoms with Gasteiger partial charge >= 0.3 is 0 Å². The quantitative estimate of drug-likeness (QED) is 0.680. The van der Waals surface area contributed by atoms with Crippen LogP contribution in [0.15, 0.2) is 72.9 Å². The number of amides is 1. The molecule has 1 N–H and O–H groups in total. The predicted octanol–water partition coefficient (Wildman–Crippen LogP) is 4.37. The zero-order valence-corrected chi connectivity index (χ0v) is 15.7. The standard InChI is InChI=1S/C23H24N2O2/c1-17-14-18(2)16-20(15-17)27-13-11-22(26)25-23(19-8-4-3-5-9-19)21-10-6-7-12-24-21/h3-10,12,14-16,23H,11,13H2,1-2H3,(H,25,26). The van der Waals surface area contributed by atoms with Crippen LogP contribution < -0.4 is 10.1 Å². The summed E-state index contributed by atoms with van der Waals surface area (Å²) in [5, 5.41) is 3.08. The van der Waals surface area contributed by atoms with E-state index in [1.165, 1.54) is 0 Å². The largest absolute Gasteiger partial charge is 0.493 e. The van der Waals surface area contributed by atoms with Crippen molar-refractivity contribution in [3.8, 4) is 5.75 Å². The maximum Gasteiger partial charge on any atom is 0.224 e. The van der Waals surface area contributed by atoms with E-state index in [-0.39, 0.29) is 18.4 Å². The summed E-state index contributed by atoms with van der Waals surface area (Å²) >= 11 is 0. The molecule has 3 rings (SSSR count). The van der Waals surface area contributed by atoms with Crippen molar-refractivity contribution in [1.82, 2.24) is 10.3 Å². The molecule has 0 fully saturated rings. The Morgan fingerprint density at radius 1 is 1.00 bits per heavy atom. The second-order valence-corrected chi connectivity index (χ2v) is 6.59. The van der Waals surface area contributed by atoms with Gasteiger partial charge in [0.25, 0.3) is 0 Å². The summed E-state index contributed by atoms with van der Waals surface area (Å²) in [6.07, 6.45) is 2.02. The first-order chi connectivity index (χ1) is 13.1. The molecule has 2 aromatic carbocycles. The molecular weight excluding hydrogens is 336 g/mol. The molecule has 4 nitrogen and oxygen atoms in total. The van der Waals surface area contributed by atoms with E-state index in [0.29, 0.717) is 6.61 Å². The van der Waals surface area contributed by atoms with E-state index >= 15 is 0 Å². The first-order valence-electron chi connectivity index (χ1n) is 9.08. The van der Waals surface area contributed by atoms with E-state index in [0.717, 1.165) is 28.1 Å². The molecule has 0 bridgehead atoms. The van der Waals surface area contributed by atoms with Crippen LogP contribution in [0, 0.1) is 13.8 Å². The normalized spacial score (nSPS) is 11.6. The topological polar surface area (TPSA) is 51.2 Å². The van der Waals surface area contributed by atoms with Crippen molar-refractivity contribution in [2.75, 3.05) is 6.61 Å². The molecular formula is C23H24N2O2. The van der Waals surface area contributed by atoms with Crippen LogP contribution >= 0.6 is 0 Å². The number of pyridine rings is 1. The number of carbonyl (C=O) groups is 1. The van der Waals surface area contributed by atoms with E-state index < -0.39 is 0 Å². The zero-order chi connectivity index (χ0) is 19.1. The summed E-state index contributed by atoms with van der Waals surface area (Å²) in [5.74, 6) is 0.725. The Balaban J connectivity index is 1.63. The third-order valence-corrected chi connectivity index (χ3v) is 4.21. The van der Waals surface area contributed by atoms with Crippen molar-refractivity contribution in [2.24, 2.45) is 0 Å². The van der Waals surface area contributed by atoms with E-state index in [2.05, 4.69) is 16.4 Å². The molecule has 4 heteroatoms. The van der Waals surface area contributed by atoms with Crippen LogP contribution in [0.4, 0.5) is 0 Å². The highest BCUT2D eigenvalue weighted by molar-refractivity contribution is 5.77. The molecule has 0 saturated carbocycles. The van der Waals surface area contributed by atoms with Gasteiger partial charge in [0, 0.05) is 6.20 Å². The van der Waals surface area contributed by atoms with Crippen molar-refractivity contribution in [3.05, 3.63) is 95.3 Å². The van der Waals surface area contributed by atoms with Crippen molar-refractivity contribution >= 4 is 5.91 Å². The highest BCUT2D eigenvalue weighted by Gasteiger charge is 2.17. The lowest BCUT2D eigenvalue weighted by Crippen LogP contribution is -2.30. The van der Waals surface area contributed by atoms with Gasteiger partial charge in [0.2, 0.25) is 5.91 Å². The summed E-state index contributed by atoms with van der Waals surface area (Å²) < 4.78 is 5.75. The fraction of sp³-hybridized carbons (Fsp3) is 0.217. The summed E-state index contributed by atoms with van der Waals surface area (Å²) in [4.78, 5) is 16.9. The molecule has 0 aliphatic carbocycles. The first kappa shape index (κ1) is 18.6. The second kappa shape index (κ2) is 8.99. The van der Waals surface area contributed by atoms with E-state index in [9.17, 15) is 4.79 Å². The average Bonchev–Trinajstić information content (AvgIpc) is 2.67. The third-order valence-electron chi connectivity index (χ3n) is 4.21. The van der Waals surface area contributed by atoms with Gasteiger partial charge in [-0.1, -0.05) is 42.5 Å². The number of hydrogen-bond acceptors (Lipinski definition) is 3. The Kier molecular flexibility index (Phi) is 6.21. The van der Waals surface area contributed by atoms with Gasteiger partial charge in [0.05, 0.1) is 24.8 Å². The van der Waals surface area contributed by atoms with Crippen LogP contribution in [0.25, 0.3) is 0 Å². The fourth-order valence-corrected chi connectivity index (χ4v) is 3.03. The third kappa shape index (κ3) is 5.42. The van der Waals surface area contributed by atoms with Crippen LogP contribution in [0.1, 0.15) is 34.8 Å². The highest BCUT2D eigenvalue weighted by atomic mass is 16.5. The lowest BCUT2D eigenvalue weighted by atomic mass is 10.0. The molecule has 1 unspecified atom stereocenters. The van der Waals surface area contributed by atoms with E-state index in [1.54, 1.807) is 6.20 Å². The number of carbonyl (C=O) groups excluding carboxylic acids is 1. The lowest BCUT2D eigenvalue weighted by Gasteiger charge is -2.19. The van der Waals surface area contributed by atoms with Gasteiger partial charge in [0.1, 0.15) is 5.75 Å². The molecule has 0 spiro atoms. The SMILES string of the molecule is Cc1cc(C)cc(OCCC(=O)NC(c2ccccc2)c2ccccn2)c1. The first-order valence-corrected chi connectivity index (χ1v) is 9.08. The average molecular weight is 360 g/mol. The van der Waals surface area contributed by atoms with E-state index in [1.807, 2.05) is 74.5 Å². The van der Waals surface area contributed by atoms with Crippen LogP contribution in [0.5, 0.6) is 5.75 Å². The Labute approximate surface area is 160 Å². The van der Waals surface area contributed by atoms with Gasteiger partial charge in [0.15, 0.2) is 0 Å². The number of nitrogens with zero attached hydrogens (tertiary/aromatic N) is 1. The summed E-state index contributed by atoms with van der Waals surface area (Å²) in [6.45, 7) is 4.40. The van der Waals surface area contributed by atoms with Crippen molar-refractivity contribution in [1.29, 1.82) is 0 Å². The van der Waals surface area contributed by atoms with Crippen LogP contribution in [0.2, 0.25) is 0 Å². The number of aromatic nitrogens is 1. The minimum absolute atomic E-state index is 0.0705.